The Morgan fingerprint density at radius 2 is 1.91 bits per heavy atom. The topological polar surface area (TPSA) is 49.9 Å². The van der Waals surface area contributed by atoms with Crippen molar-refractivity contribution in [3.05, 3.63) is 64.2 Å². The summed E-state index contributed by atoms with van der Waals surface area (Å²) in [6.45, 7) is 5.94. The van der Waals surface area contributed by atoms with E-state index in [2.05, 4.69) is 29.2 Å². The lowest BCUT2D eigenvalue weighted by molar-refractivity contribution is -0.134. The lowest BCUT2D eigenvalue weighted by Crippen LogP contribution is -2.34. The average Bonchev–Trinajstić information content (AvgIpc) is 3.38. The maximum absolute atomic E-state index is 13.3. The molecule has 2 atom stereocenters. The first-order chi connectivity index (χ1) is 15.5. The van der Waals surface area contributed by atoms with Crippen molar-refractivity contribution < 1.29 is 14.3 Å². The Bertz CT molecular complexity index is 989. The van der Waals surface area contributed by atoms with Crippen molar-refractivity contribution in [2.75, 3.05) is 26.2 Å². The molecule has 1 fully saturated rings. The largest absolute Gasteiger partial charge is 0.483 e. The van der Waals surface area contributed by atoms with Crippen molar-refractivity contribution in [2.45, 2.75) is 45.6 Å². The molecule has 5 nitrogen and oxygen atoms in total. The summed E-state index contributed by atoms with van der Waals surface area (Å²) in [6.07, 6.45) is 3.35. The Morgan fingerprint density at radius 3 is 2.69 bits per heavy atom. The average molecular weight is 455 g/mol. The molecule has 32 heavy (non-hydrogen) atoms. The SMILES string of the molecule is CCN(CC)C(=O)COc1cccc(Cl)c1CC1CCN(C2CCc3ccccc32)C1=O. The third-order valence-electron chi connectivity index (χ3n) is 6.82. The van der Waals surface area contributed by atoms with E-state index in [1.807, 2.05) is 32.0 Å². The molecule has 2 aromatic rings. The summed E-state index contributed by atoms with van der Waals surface area (Å²) in [5.41, 5.74) is 3.46. The number of aryl methyl sites for hydroxylation is 1. The fraction of sp³-hybridized carbons (Fsp3) is 0.462. The van der Waals surface area contributed by atoms with E-state index in [4.69, 9.17) is 16.3 Å². The van der Waals surface area contributed by atoms with Crippen LogP contribution in [0, 0.1) is 5.92 Å². The van der Waals surface area contributed by atoms with E-state index >= 15 is 0 Å². The molecule has 2 aromatic carbocycles. The predicted octanol–water partition coefficient (Wildman–Crippen LogP) is 4.67. The molecule has 4 rings (SSSR count). The molecule has 6 heteroatoms. The van der Waals surface area contributed by atoms with Gasteiger partial charge >= 0.3 is 0 Å². The number of carbonyl (C=O) groups is 2. The van der Waals surface area contributed by atoms with Gasteiger partial charge in [0.05, 0.1) is 6.04 Å². The van der Waals surface area contributed by atoms with Gasteiger partial charge in [-0.1, -0.05) is 41.9 Å². The highest BCUT2D eigenvalue weighted by molar-refractivity contribution is 6.31. The van der Waals surface area contributed by atoms with Crippen LogP contribution in [-0.2, 0) is 22.4 Å². The molecule has 0 saturated carbocycles. The van der Waals surface area contributed by atoms with Crippen LogP contribution in [0.25, 0.3) is 0 Å². The van der Waals surface area contributed by atoms with E-state index in [0.29, 0.717) is 30.3 Å². The second-order valence-corrected chi connectivity index (χ2v) is 8.95. The van der Waals surface area contributed by atoms with Crippen LogP contribution in [0.3, 0.4) is 0 Å². The summed E-state index contributed by atoms with van der Waals surface area (Å²) < 4.78 is 5.88. The first kappa shape index (κ1) is 22.7. The van der Waals surface area contributed by atoms with Crippen LogP contribution < -0.4 is 4.74 Å². The molecule has 1 saturated heterocycles. The number of halogens is 1. The molecule has 0 bridgehead atoms. The van der Waals surface area contributed by atoms with Crippen molar-refractivity contribution in [3.8, 4) is 5.75 Å². The predicted molar refractivity (Wildman–Crippen MR) is 126 cm³/mol. The van der Waals surface area contributed by atoms with Crippen LogP contribution in [0.2, 0.25) is 5.02 Å². The Kier molecular flexibility index (Phi) is 7.04. The van der Waals surface area contributed by atoms with E-state index in [-0.39, 0.29) is 30.4 Å². The van der Waals surface area contributed by atoms with Crippen LogP contribution in [0.1, 0.15) is 49.4 Å². The van der Waals surface area contributed by atoms with Crippen molar-refractivity contribution in [3.63, 3.8) is 0 Å². The van der Waals surface area contributed by atoms with Gasteiger partial charge in [-0.05, 0) is 62.8 Å². The summed E-state index contributed by atoms with van der Waals surface area (Å²) in [6, 6.07) is 14.1. The van der Waals surface area contributed by atoms with E-state index in [1.165, 1.54) is 11.1 Å². The maximum Gasteiger partial charge on any atom is 0.260 e. The standard InChI is InChI=1S/C26H31ClN2O3/c1-3-28(4-2)25(30)17-32-24-11-7-10-22(27)21(24)16-19-14-15-29(26(19)31)23-13-12-18-8-5-6-9-20(18)23/h5-11,19,23H,3-4,12-17H2,1-2H3. The van der Waals surface area contributed by atoms with Gasteiger partial charge in [-0.2, -0.15) is 0 Å². The molecule has 2 aliphatic rings. The van der Waals surface area contributed by atoms with Crippen molar-refractivity contribution in [1.29, 1.82) is 0 Å². The number of benzene rings is 2. The van der Waals surface area contributed by atoms with E-state index in [0.717, 1.165) is 31.4 Å². The lowest BCUT2D eigenvalue weighted by atomic mass is 9.97. The number of likely N-dealkylation sites (tertiary alicyclic amines) is 1. The number of hydrogen-bond donors (Lipinski definition) is 0. The molecule has 0 N–H and O–H groups in total. The number of rotatable bonds is 8. The van der Waals surface area contributed by atoms with Crippen LogP contribution in [0.4, 0.5) is 0 Å². The zero-order chi connectivity index (χ0) is 22.7. The fourth-order valence-electron chi connectivity index (χ4n) is 5.05. The number of fused-ring (bicyclic) bond motifs is 1. The first-order valence-electron chi connectivity index (χ1n) is 11.6. The Balaban J connectivity index is 1.46. The molecule has 1 aliphatic carbocycles. The molecule has 0 spiro atoms. The number of carbonyl (C=O) groups excluding carboxylic acids is 2. The normalized spacial score (nSPS) is 19.8. The minimum absolute atomic E-state index is 0.0291. The molecule has 1 heterocycles. The quantitative estimate of drug-likeness (QED) is 0.582. The van der Waals surface area contributed by atoms with Gasteiger partial charge in [-0.25, -0.2) is 0 Å². The second-order valence-electron chi connectivity index (χ2n) is 8.55. The molecule has 170 valence electrons. The zero-order valence-electron chi connectivity index (χ0n) is 18.9. The molecule has 0 radical (unpaired) electrons. The fourth-order valence-corrected chi connectivity index (χ4v) is 5.29. The third-order valence-corrected chi connectivity index (χ3v) is 7.18. The smallest absolute Gasteiger partial charge is 0.260 e. The summed E-state index contributed by atoms with van der Waals surface area (Å²) >= 11 is 6.52. The van der Waals surface area contributed by atoms with Crippen LogP contribution in [0.5, 0.6) is 5.75 Å². The number of ether oxygens (including phenoxy) is 1. The Labute approximate surface area is 195 Å². The zero-order valence-corrected chi connectivity index (χ0v) is 19.6. The van der Waals surface area contributed by atoms with Gasteiger partial charge in [0.25, 0.3) is 5.91 Å². The monoisotopic (exact) mass is 454 g/mol. The highest BCUT2D eigenvalue weighted by Gasteiger charge is 2.39. The second kappa shape index (κ2) is 9.95. The van der Waals surface area contributed by atoms with E-state index in [1.54, 1.807) is 4.90 Å². The summed E-state index contributed by atoms with van der Waals surface area (Å²) in [7, 11) is 0. The molecule has 2 unspecified atom stereocenters. The highest BCUT2D eigenvalue weighted by atomic mass is 35.5. The summed E-state index contributed by atoms with van der Waals surface area (Å²) in [4.78, 5) is 29.5. The minimum Gasteiger partial charge on any atom is -0.483 e. The lowest BCUT2D eigenvalue weighted by Gasteiger charge is -2.25. The van der Waals surface area contributed by atoms with Crippen molar-refractivity contribution in [1.82, 2.24) is 9.80 Å². The Hall–Kier alpha value is -2.53. The Morgan fingerprint density at radius 1 is 1.12 bits per heavy atom. The third kappa shape index (κ3) is 4.49. The van der Waals surface area contributed by atoms with Gasteiger partial charge in [-0.15, -0.1) is 0 Å². The molecule has 1 aliphatic heterocycles. The van der Waals surface area contributed by atoms with Crippen LogP contribution in [0.15, 0.2) is 42.5 Å². The number of likely N-dealkylation sites (N-methyl/N-ethyl adjacent to an activating group) is 1. The number of amides is 2. The molecule has 2 amide bonds. The van der Waals surface area contributed by atoms with Crippen LogP contribution in [-0.4, -0.2) is 47.9 Å². The van der Waals surface area contributed by atoms with Crippen LogP contribution >= 0.6 is 11.6 Å². The molecule has 0 aromatic heterocycles. The van der Waals surface area contributed by atoms with Gasteiger partial charge in [-0.3, -0.25) is 9.59 Å². The first-order valence-corrected chi connectivity index (χ1v) is 12.0. The molecular formula is C26H31ClN2O3. The van der Waals surface area contributed by atoms with Gasteiger partial charge in [0.15, 0.2) is 6.61 Å². The molecular weight excluding hydrogens is 424 g/mol. The van der Waals surface area contributed by atoms with Gasteiger partial charge in [0.1, 0.15) is 5.75 Å². The summed E-state index contributed by atoms with van der Waals surface area (Å²) in [5, 5.41) is 0.579. The number of hydrogen-bond acceptors (Lipinski definition) is 3. The van der Waals surface area contributed by atoms with Gasteiger partial charge < -0.3 is 14.5 Å². The summed E-state index contributed by atoms with van der Waals surface area (Å²) in [5.74, 6) is 0.611. The van der Waals surface area contributed by atoms with Gasteiger partial charge in [0.2, 0.25) is 5.91 Å². The van der Waals surface area contributed by atoms with E-state index in [9.17, 15) is 9.59 Å². The van der Waals surface area contributed by atoms with Gasteiger partial charge in [0, 0.05) is 36.1 Å². The number of nitrogens with zero attached hydrogens (tertiary/aromatic N) is 2. The van der Waals surface area contributed by atoms with E-state index < -0.39 is 0 Å². The van der Waals surface area contributed by atoms with Crippen molar-refractivity contribution in [2.24, 2.45) is 5.92 Å². The highest BCUT2D eigenvalue weighted by Crippen LogP contribution is 2.40. The minimum atomic E-state index is -0.122. The maximum atomic E-state index is 13.3. The van der Waals surface area contributed by atoms with Crippen molar-refractivity contribution >= 4 is 23.4 Å².